The van der Waals surface area contributed by atoms with Gasteiger partial charge in [-0.05, 0) is 32.4 Å². The first-order valence-corrected chi connectivity index (χ1v) is 13.2. The number of hydrogen-bond acceptors (Lipinski definition) is 6. The summed E-state index contributed by atoms with van der Waals surface area (Å²) in [5.41, 5.74) is 4.06. The minimum Gasteiger partial charge on any atom is -0.360 e. The van der Waals surface area contributed by atoms with Crippen molar-refractivity contribution in [1.82, 2.24) is 24.7 Å². The fraction of sp³-hybridized carbons (Fsp3) is 0.227. The average molecular weight is 466 g/mol. The number of aromatic nitrogens is 4. The number of rotatable bonds is 4. The number of nitriles is 1. The fourth-order valence-electron chi connectivity index (χ4n) is 4.13. The molecule has 0 atom stereocenters. The molecule has 3 aromatic heterocycles. The number of benzene rings is 1. The Morgan fingerprint density at radius 2 is 2.19 bits per heavy atom. The van der Waals surface area contributed by atoms with Crippen molar-refractivity contribution in [3.63, 3.8) is 0 Å². The molecule has 0 unspecified atom stereocenters. The normalized spacial score (nSPS) is 14.5. The predicted molar refractivity (Wildman–Crippen MR) is 128 cm³/mol. The smallest absolute Gasteiger partial charge is 0.181 e. The molecule has 4 heterocycles. The van der Waals surface area contributed by atoms with Gasteiger partial charge in [-0.25, -0.2) is 9.97 Å². The second-order valence-corrected chi connectivity index (χ2v) is 11.6. The van der Waals surface area contributed by atoms with E-state index in [1.54, 1.807) is 42.4 Å². The maximum absolute atomic E-state index is 13.0. The van der Waals surface area contributed by atoms with Gasteiger partial charge in [0.05, 0.1) is 22.5 Å². The Balaban J connectivity index is 1.73. The molecule has 0 radical (unpaired) electrons. The molecule has 0 aliphatic carbocycles. The molecule has 1 aromatic carbocycles. The van der Waals surface area contributed by atoms with Gasteiger partial charge < -0.3 is 20.2 Å². The highest BCUT2D eigenvalue weighted by atomic mass is 35.5. The number of hydrogen-bond donors (Lipinski definition) is 3. The molecular weight excluding hydrogens is 445 g/mol. The minimum atomic E-state index is -2.72. The molecule has 0 fully saturated rings. The molecule has 1 aliphatic rings. The highest BCUT2D eigenvalue weighted by Gasteiger charge is 2.24. The van der Waals surface area contributed by atoms with Gasteiger partial charge in [0.2, 0.25) is 0 Å². The van der Waals surface area contributed by atoms with Crippen LogP contribution in [0.5, 0.6) is 0 Å². The molecule has 0 saturated carbocycles. The Bertz CT molecular complexity index is 1490. The van der Waals surface area contributed by atoms with Crippen LogP contribution in [0.2, 0.25) is 5.15 Å². The minimum absolute atomic E-state index is 0.405. The van der Waals surface area contributed by atoms with Gasteiger partial charge in [0, 0.05) is 41.8 Å². The van der Waals surface area contributed by atoms with Gasteiger partial charge >= 0.3 is 0 Å². The van der Waals surface area contributed by atoms with E-state index < -0.39 is 7.14 Å². The van der Waals surface area contributed by atoms with Gasteiger partial charge in [-0.1, -0.05) is 23.7 Å². The highest BCUT2D eigenvalue weighted by Crippen LogP contribution is 2.41. The van der Waals surface area contributed by atoms with E-state index in [2.05, 4.69) is 32.7 Å². The van der Waals surface area contributed by atoms with E-state index in [0.717, 1.165) is 36.2 Å². The van der Waals surface area contributed by atoms with Crippen LogP contribution in [0.3, 0.4) is 0 Å². The first-order valence-electron chi connectivity index (χ1n) is 10.2. The summed E-state index contributed by atoms with van der Waals surface area (Å²) in [5.74, 6) is 0.601. The molecule has 1 aliphatic heterocycles. The SMILES string of the molecule is CP(C)(=O)c1c(C#N)ccc2c(-c3nc(NC4=CCCNC4)c4nccn4c3Cl)c[nH]c12. The third-order valence-corrected chi connectivity index (χ3v) is 7.43. The molecular formula is C22H21ClN7OP. The molecule has 0 bridgehead atoms. The van der Waals surface area contributed by atoms with Crippen molar-refractivity contribution in [1.29, 1.82) is 5.26 Å². The van der Waals surface area contributed by atoms with E-state index in [4.69, 9.17) is 16.6 Å². The lowest BCUT2D eigenvalue weighted by molar-refractivity contribution is 0.588. The van der Waals surface area contributed by atoms with Crippen LogP contribution in [0.4, 0.5) is 5.82 Å². The Morgan fingerprint density at radius 1 is 1.34 bits per heavy atom. The number of nitrogens with zero attached hydrogens (tertiary/aromatic N) is 4. The van der Waals surface area contributed by atoms with Crippen molar-refractivity contribution in [2.75, 3.05) is 31.7 Å². The summed E-state index contributed by atoms with van der Waals surface area (Å²) in [5, 5.41) is 18.0. The maximum atomic E-state index is 13.0. The first-order chi connectivity index (χ1) is 15.4. The van der Waals surface area contributed by atoms with Crippen molar-refractivity contribution in [2.24, 2.45) is 0 Å². The monoisotopic (exact) mass is 465 g/mol. The summed E-state index contributed by atoms with van der Waals surface area (Å²) >= 11 is 6.76. The van der Waals surface area contributed by atoms with E-state index in [1.165, 1.54) is 0 Å². The van der Waals surface area contributed by atoms with Crippen LogP contribution in [0.1, 0.15) is 12.0 Å². The van der Waals surface area contributed by atoms with E-state index in [1.807, 2.05) is 6.07 Å². The Hall–Kier alpha value is -3.11. The summed E-state index contributed by atoms with van der Waals surface area (Å²) in [6.07, 6.45) is 8.36. The van der Waals surface area contributed by atoms with Crippen LogP contribution < -0.4 is 15.9 Å². The lowest BCUT2D eigenvalue weighted by Gasteiger charge is -2.17. The van der Waals surface area contributed by atoms with Crippen molar-refractivity contribution in [2.45, 2.75) is 6.42 Å². The molecule has 0 amide bonds. The summed E-state index contributed by atoms with van der Waals surface area (Å²) in [6.45, 7) is 5.01. The van der Waals surface area contributed by atoms with E-state index in [-0.39, 0.29) is 0 Å². The lowest BCUT2D eigenvalue weighted by atomic mass is 10.1. The van der Waals surface area contributed by atoms with Gasteiger partial charge in [-0.3, -0.25) is 4.40 Å². The summed E-state index contributed by atoms with van der Waals surface area (Å²) in [7, 11) is -2.72. The Labute approximate surface area is 189 Å². The van der Waals surface area contributed by atoms with Crippen LogP contribution in [0.25, 0.3) is 27.8 Å². The molecule has 0 saturated heterocycles. The molecule has 10 heteroatoms. The van der Waals surface area contributed by atoms with E-state index in [0.29, 0.717) is 38.7 Å². The Morgan fingerprint density at radius 3 is 2.91 bits per heavy atom. The van der Waals surface area contributed by atoms with Crippen LogP contribution >= 0.6 is 18.7 Å². The van der Waals surface area contributed by atoms with Crippen molar-refractivity contribution >= 4 is 46.4 Å². The second kappa shape index (κ2) is 7.79. The molecule has 4 aromatic rings. The largest absolute Gasteiger partial charge is 0.360 e. The van der Waals surface area contributed by atoms with Gasteiger partial charge in [0.1, 0.15) is 18.0 Å². The molecule has 162 valence electrons. The number of anilines is 1. The number of halogens is 1. The fourth-order valence-corrected chi connectivity index (χ4v) is 5.84. The van der Waals surface area contributed by atoms with Crippen LogP contribution in [-0.4, -0.2) is 45.8 Å². The van der Waals surface area contributed by atoms with Gasteiger partial charge in [-0.2, -0.15) is 5.26 Å². The van der Waals surface area contributed by atoms with Crippen molar-refractivity contribution < 1.29 is 4.57 Å². The van der Waals surface area contributed by atoms with Crippen molar-refractivity contribution in [3.8, 4) is 17.3 Å². The van der Waals surface area contributed by atoms with E-state index in [9.17, 15) is 9.83 Å². The zero-order valence-corrected chi connectivity index (χ0v) is 19.3. The topological polar surface area (TPSA) is 111 Å². The molecule has 3 N–H and O–H groups in total. The van der Waals surface area contributed by atoms with Crippen molar-refractivity contribution in [3.05, 3.63) is 53.2 Å². The molecule has 8 nitrogen and oxygen atoms in total. The van der Waals surface area contributed by atoms with Crippen LogP contribution in [0.15, 0.2) is 42.5 Å². The molecule has 0 spiro atoms. The maximum Gasteiger partial charge on any atom is 0.181 e. The summed E-state index contributed by atoms with van der Waals surface area (Å²) in [4.78, 5) is 12.5. The standard InChI is InChI=1S/C22H21ClN7OP/c1-32(2,31)19-13(10-24)5-6-15-16(12-27-17(15)19)18-20(23)30-9-8-26-22(30)21(29-18)28-14-4-3-7-25-11-14/h4-6,8-9,12,25,27H,3,7,11H2,1-2H3,(H,28,29). The summed E-state index contributed by atoms with van der Waals surface area (Å²) < 4.78 is 14.8. The van der Waals surface area contributed by atoms with Gasteiger partial charge in [0.15, 0.2) is 11.5 Å². The highest BCUT2D eigenvalue weighted by molar-refractivity contribution is 7.70. The number of aromatic amines is 1. The van der Waals surface area contributed by atoms with E-state index >= 15 is 0 Å². The average Bonchev–Trinajstić information content (AvgIpc) is 3.43. The third-order valence-electron chi connectivity index (χ3n) is 5.53. The zero-order valence-electron chi connectivity index (χ0n) is 17.6. The van der Waals surface area contributed by atoms with Crippen LogP contribution in [-0.2, 0) is 4.57 Å². The first kappa shape index (κ1) is 20.8. The number of imidazole rings is 1. The second-order valence-electron chi connectivity index (χ2n) is 8.09. The number of fused-ring (bicyclic) bond motifs is 2. The number of nitrogens with one attached hydrogen (secondary N) is 3. The zero-order chi connectivity index (χ0) is 22.5. The molecule has 32 heavy (non-hydrogen) atoms. The van der Waals surface area contributed by atoms with Gasteiger partial charge in [-0.15, -0.1) is 0 Å². The molecule has 5 rings (SSSR count). The predicted octanol–water partition coefficient (Wildman–Crippen LogP) is 3.94. The third kappa shape index (κ3) is 3.39. The Kier molecular flexibility index (Phi) is 5.06. The quantitative estimate of drug-likeness (QED) is 0.394. The van der Waals surface area contributed by atoms with Gasteiger partial charge in [0.25, 0.3) is 0 Å². The van der Waals surface area contributed by atoms with Crippen LogP contribution in [0, 0.1) is 11.3 Å². The summed E-state index contributed by atoms with van der Waals surface area (Å²) in [6, 6.07) is 5.71. The number of H-pyrrole nitrogens is 1. The lowest BCUT2D eigenvalue weighted by Crippen LogP contribution is -2.26.